The van der Waals surface area contributed by atoms with Crippen LogP contribution in [0.15, 0.2) is 59.5 Å². The maximum Gasteiger partial charge on any atom is 0.263 e. The van der Waals surface area contributed by atoms with E-state index >= 15 is 0 Å². The molecule has 4 bridgehead atoms. The lowest BCUT2D eigenvalue weighted by Crippen LogP contribution is -2.54. The van der Waals surface area contributed by atoms with Gasteiger partial charge in [0.25, 0.3) is 15.9 Å². The number of hydrogen-bond acceptors (Lipinski definition) is 4. The molecule has 7 heteroatoms. The van der Waals surface area contributed by atoms with Gasteiger partial charge in [0.15, 0.2) is 0 Å². The van der Waals surface area contributed by atoms with Gasteiger partial charge in [-0.2, -0.15) is 0 Å². The van der Waals surface area contributed by atoms with E-state index in [4.69, 9.17) is 4.98 Å². The van der Waals surface area contributed by atoms with Crippen LogP contribution in [0, 0.1) is 25.2 Å². The molecule has 2 saturated carbocycles. The van der Waals surface area contributed by atoms with E-state index in [0.29, 0.717) is 22.7 Å². The van der Waals surface area contributed by atoms with Crippen molar-refractivity contribution in [2.45, 2.75) is 89.6 Å². The van der Waals surface area contributed by atoms with Gasteiger partial charge in [-0.1, -0.05) is 38.1 Å². The predicted octanol–water partition coefficient (Wildman–Crippen LogP) is 6.91. The van der Waals surface area contributed by atoms with Crippen LogP contribution in [0.25, 0.3) is 11.3 Å². The fraction of sp³-hybridized carbons (Fsp3) is 0.455. The number of carbonyl (C=O) groups excluding carboxylic acids is 1. The summed E-state index contributed by atoms with van der Waals surface area (Å²) in [7, 11) is -3.95. The number of nitrogens with one attached hydrogen (secondary N) is 1. The quantitative estimate of drug-likeness (QED) is 0.378. The Balaban J connectivity index is 1.48. The van der Waals surface area contributed by atoms with E-state index in [2.05, 4.69) is 55.5 Å². The van der Waals surface area contributed by atoms with Crippen molar-refractivity contribution in [2.75, 3.05) is 4.72 Å². The van der Waals surface area contributed by atoms with Crippen molar-refractivity contribution in [3.05, 3.63) is 76.9 Å². The van der Waals surface area contributed by atoms with Gasteiger partial charge in [0, 0.05) is 23.2 Å². The number of aryl methyl sites for hydroxylation is 3. The summed E-state index contributed by atoms with van der Waals surface area (Å²) >= 11 is 0. The molecule has 1 atom stereocenters. The second-order valence-electron chi connectivity index (χ2n) is 12.7. The fourth-order valence-corrected chi connectivity index (χ4v) is 7.91. The number of sulfonamides is 1. The van der Waals surface area contributed by atoms with Crippen LogP contribution in [0.5, 0.6) is 0 Å². The highest BCUT2D eigenvalue weighted by Crippen LogP contribution is 2.62. The van der Waals surface area contributed by atoms with Crippen molar-refractivity contribution >= 4 is 21.7 Å². The molecule has 2 aliphatic carbocycles. The number of rotatable bonds is 4. The van der Waals surface area contributed by atoms with Crippen molar-refractivity contribution in [1.29, 1.82) is 0 Å². The SMILES string of the molecule is Cc1cccc(C)c1-c1cc2cc(n1)NS(=O)(=O)c1cccc(c1)C(=O)N(C1CC3(CC3)C1)[C@H](CC(C)C)CC2. The molecule has 2 aromatic carbocycles. The number of carbonyl (C=O) groups is 1. The molecule has 1 N–H and O–H groups in total. The van der Waals surface area contributed by atoms with Crippen LogP contribution < -0.4 is 4.72 Å². The van der Waals surface area contributed by atoms with Crippen molar-refractivity contribution in [3.63, 3.8) is 0 Å². The van der Waals surface area contributed by atoms with E-state index < -0.39 is 10.0 Å². The van der Waals surface area contributed by atoms with Crippen molar-refractivity contribution in [1.82, 2.24) is 9.88 Å². The summed E-state index contributed by atoms with van der Waals surface area (Å²) in [4.78, 5) is 21.2. The Hall–Kier alpha value is -3.19. The molecule has 6 rings (SSSR count). The lowest BCUT2D eigenvalue weighted by Gasteiger charge is -2.48. The molecule has 1 aliphatic heterocycles. The van der Waals surface area contributed by atoms with Gasteiger partial charge < -0.3 is 4.90 Å². The predicted molar refractivity (Wildman–Crippen MR) is 159 cm³/mol. The van der Waals surface area contributed by atoms with Crippen LogP contribution >= 0.6 is 0 Å². The Bertz CT molecular complexity index is 1550. The molecule has 1 spiro atoms. The van der Waals surface area contributed by atoms with E-state index in [-0.39, 0.29) is 22.9 Å². The van der Waals surface area contributed by atoms with Crippen molar-refractivity contribution in [3.8, 4) is 11.3 Å². The molecular weight excluding hydrogens is 518 g/mol. The molecule has 3 aromatic rings. The molecular formula is C33H39N3O3S. The molecule has 40 heavy (non-hydrogen) atoms. The van der Waals surface area contributed by atoms with Gasteiger partial charge >= 0.3 is 0 Å². The maximum atomic E-state index is 14.2. The molecule has 1 amide bonds. The van der Waals surface area contributed by atoms with Gasteiger partial charge in [0.2, 0.25) is 0 Å². The number of aromatic nitrogens is 1. The number of amides is 1. The van der Waals surface area contributed by atoms with Gasteiger partial charge in [-0.05, 0) is 117 Å². The Morgan fingerprint density at radius 1 is 1.02 bits per heavy atom. The van der Waals surface area contributed by atoms with Crippen LogP contribution in [0.4, 0.5) is 5.82 Å². The summed E-state index contributed by atoms with van der Waals surface area (Å²) in [6.45, 7) is 8.55. The largest absolute Gasteiger partial charge is 0.333 e. The number of nitrogens with zero attached hydrogens (tertiary/aromatic N) is 2. The van der Waals surface area contributed by atoms with E-state index in [1.54, 1.807) is 18.2 Å². The average Bonchev–Trinajstić information content (AvgIpc) is 3.67. The lowest BCUT2D eigenvalue weighted by molar-refractivity contribution is 0.0183. The van der Waals surface area contributed by atoms with Crippen molar-refractivity contribution < 1.29 is 13.2 Å². The second-order valence-corrected chi connectivity index (χ2v) is 14.4. The zero-order chi connectivity index (χ0) is 28.2. The molecule has 3 aliphatic rings. The normalized spacial score (nSPS) is 21.7. The summed E-state index contributed by atoms with van der Waals surface area (Å²) in [6, 6.07) is 16.9. The first-order chi connectivity index (χ1) is 19.0. The Kier molecular flexibility index (Phi) is 6.76. The highest BCUT2D eigenvalue weighted by atomic mass is 32.2. The van der Waals surface area contributed by atoms with Crippen molar-refractivity contribution in [2.24, 2.45) is 11.3 Å². The molecule has 0 unspecified atom stereocenters. The minimum atomic E-state index is -3.95. The summed E-state index contributed by atoms with van der Waals surface area (Å²) in [6.07, 6.45) is 7.10. The highest BCUT2D eigenvalue weighted by Gasteiger charge is 2.56. The Morgan fingerprint density at radius 2 is 1.73 bits per heavy atom. The van der Waals surface area contributed by atoms with Gasteiger partial charge in [-0.3, -0.25) is 9.52 Å². The monoisotopic (exact) mass is 557 g/mol. The minimum Gasteiger partial charge on any atom is -0.333 e. The Morgan fingerprint density at radius 3 is 2.40 bits per heavy atom. The number of anilines is 1. The minimum absolute atomic E-state index is 0.0523. The highest BCUT2D eigenvalue weighted by molar-refractivity contribution is 7.92. The third kappa shape index (κ3) is 5.16. The zero-order valence-electron chi connectivity index (χ0n) is 23.9. The summed E-state index contributed by atoms with van der Waals surface area (Å²) in [5, 5.41) is 0. The molecule has 6 nitrogen and oxygen atoms in total. The fourth-order valence-electron chi connectivity index (χ4n) is 6.87. The standard InChI is InChI=1S/C33H39N3O3S/c1-21(2)15-26-12-11-24-16-29(31-22(3)7-5-8-23(31)4)34-30(17-24)35-40(38,39)28-10-6-9-25(18-28)32(37)36(26)27-19-33(20-27)13-14-33/h5-10,16-18,21,26-27H,11-15,19-20H2,1-4H3,(H,34,35)/t26-/m0/s1. The molecule has 0 radical (unpaired) electrons. The first-order valence-electron chi connectivity index (χ1n) is 14.6. The maximum absolute atomic E-state index is 14.2. The summed E-state index contributed by atoms with van der Waals surface area (Å²) in [5.74, 6) is 0.680. The van der Waals surface area contributed by atoms with E-state index in [1.165, 1.54) is 18.9 Å². The van der Waals surface area contributed by atoms with Gasteiger partial charge in [-0.25, -0.2) is 13.4 Å². The van der Waals surface area contributed by atoms with Gasteiger partial charge in [-0.15, -0.1) is 0 Å². The smallest absolute Gasteiger partial charge is 0.263 e. The van der Waals surface area contributed by atoms with E-state index in [1.807, 2.05) is 12.1 Å². The first-order valence-corrected chi connectivity index (χ1v) is 16.0. The number of benzene rings is 2. The summed E-state index contributed by atoms with van der Waals surface area (Å²) in [5.41, 5.74) is 5.88. The molecule has 2 heterocycles. The Labute approximate surface area is 238 Å². The van der Waals surface area contributed by atoms with Gasteiger partial charge in [0.05, 0.1) is 10.6 Å². The van der Waals surface area contributed by atoms with Crippen LogP contribution in [0.3, 0.4) is 0 Å². The number of hydrogen-bond donors (Lipinski definition) is 1. The number of pyridine rings is 1. The van der Waals surface area contributed by atoms with E-state index in [0.717, 1.165) is 60.1 Å². The molecule has 0 saturated heterocycles. The average molecular weight is 558 g/mol. The zero-order valence-corrected chi connectivity index (χ0v) is 24.7. The molecule has 1 aromatic heterocycles. The third-order valence-corrected chi connectivity index (χ3v) is 10.4. The number of fused-ring (bicyclic) bond motifs is 4. The van der Waals surface area contributed by atoms with Crippen LogP contribution in [-0.4, -0.2) is 36.3 Å². The summed E-state index contributed by atoms with van der Waals surface area (Å²) < 4.78 is 29.9. The van der Waals surface area contributed by atoms with Gasteiger partial charge in [0.1, 0.15) is 5.82 Å². The topological polar surface area (TPSA) is 79.4 Å². The molecule has 2 fully saturated rings. The van der Waals surface area contributed by atoms with E-state index in [9.17, 15) is 13.2 Å². The van der Waals surface area contributed by atoms with Crippen LogP contribution in [-0.2, 0) is 16.4 Å². The second kappa shape index (κ2) is 10.0. The van der Waals surface area contributed by atoms with Crippen LogP contribution in [0.1, 0.15) is 79.4 Å². The lowest BCUT2D eigenvalue weighted by atomic mass is 9.74. The third-order valence-electron chi connectivity index (χ3n) is 9.08. The molecule has 210 valence electrons. The first kappa shape index (κ1) is 27.0. The van der Waals surface area contributed by atoms with Crippen LogP contribution in [0.2, 0.25) is 0 Å².